The number of primary amides is 1. The first kappa shape index (κ1) is 17.1. The largest absolute Gasteiger partial charge is 0.388 e. The van der Waals surface area contributed by atoms with Gasteiger partial charge in [0.1, 0.15) is 0 Å². The van der Waals surface area contributed by atoms with Gasteiger partial charge in [-0.2, -0.15) is 0 Å². The number of aliphatic hydroxyl groups is 1. The van der Waals surface area contributed by atoms with E-state index in [2.05, 4.69) is 6.58 Å². The summed E-state index contributed by atoms with van der Waals surface area (Å²) in [7, 11) is 0. The molecule has 0 heterocycles. The number of aliphatic hydroxyl groups excluding tert-OH is 1. The molecule has 1 unspecified atom stereocenters. The number of rotatable bonds is 6. The third-order valence-electron chi connectivity index (χ3n) is 1.77. The topological polar surface area (TPSA) is 63.3 Å². The maximum absolute atomic E-state index is 10.5. The van der Waals surface area contributed by atoms with E-state index in [1.54, 1.807) is 12.2 Å². The lowest BCUT2D eigenvalue weighted by atomic mass is 10.0. The van der Waals surface area contributed by atoms with E-state index in [0.717, 1.165) is 0 Å². The highest BCUT2D eigenvalue weighted by Gasteiger charge is 2.08. The van der Waals surface area contributed by atoms with E-state index in [0.29, 0.717) is 12.0 Å². The SMILES string of the molecule is C=C/C(=C\C=C/C)C(O)CCC(N)=O.CC. The molecule has 1 amide bonds. The molecule has 0 saturated heterocycles. The minimum absolute atomic E-state index is 0.183. The summed E-state index contributed by atoms with van der Waals surface area (Å²) in [6, 6.07) is 0. The summed E-state index contributed by atoms with van der Waals surface area (Å²) in [6.45, 7) is 9.47. The molecular formula is C13H23NO2. The maximum Gasteiger partial charge on any atom is 0.217 e. The van der Waals surface area contributed by atoms with E-state index in [1.165, 1.54) is 0 Å². The Hall–Kier alpha value is -1.35. The van der Waals surface area contributed by atoms with Gasteiger partial charge in [0.2, 0.25) is 5.91 Å². The second kappa shape index (κ2) is 11.7. The van der Waals surface area contributed by atoms with Crippen molar-refractivity contribution in [2.24, 2.45) is 5.73 Å². The minimum Gasteiger partial charge on any atom is -0.388 e. The average Bonchev–Trinajstić information content (AvgIpc) is 2.30. The van der Waals surface area contributed by atoms with Gasteiger partial charge in [-0.1, -0.05) is 44.7 Å². The molecule has 0 aromatic rings. The Balaban J connectivity index is 0. The quantitative estimate of drug-likeness (QED) is 0.681. The molecule has 0 saturated carbocycles. The van der Waals surface area contributed by atoms with Crippen LogP contribution in [0.5, 0.6) is 0 Å². The average molecular weight is 225 g/mol. The zero-order chi connectivity index (χ0) is 13.0. The van der Waals surface area contributed by atoms with E-state index in [1.807, 2.05) is 32.9 Å². The van der Waals surface area contributed by atoms with E-state index >= 15 is 0 Å². The predicted molar refractivity (Wildman–Crippen MR) is 68.9 cm³/mol. The van der Waals surface area contributed by atoms with Crippen molar-refractivity contribution in [1.82, 2.24) is 0 Å². The molecule has 0 spiro atoms. The van der Waals surface area contributed by atoms with Gasteiger partial charge in [-0.15, -0.1) is 0 Å². The Bertz CT molecular complexity index is 255. The molecule has 3 nitrogen and oxygen atoms in total. The van der Waals surface area contributed by atoms with Gasteiger partial charge >= 0.3 is 0 Å². The second-order valence-corrected chi connectivity index (χ2v) is 2.92. The number of amides is 1. The van der Waals surface area contributed by atoms with Gasteiger partial charge in [-0.05, 0) is 18.9 Å². The van der Waals surface area contributed by atoms with Crippen LogP contribution >= 0.6 is 0 Å². The third-order valence-corrected chi connectivity index (χ3v) is 1.77. The number of hydrogen-bond acceptors (Lipinski definition) is 2. The summed E-state index contributed by atoms with van der Waals surface area (Å²) in [5, 5.41) is 9.60. The summed E-state index contributed by atoms with van der Waals surface area (Å²) in [6.07, 6.45) is 6.85. The van der Waals surface area contributed by atoms with Crippen molar-refractivity contribution in [2.45, 2.75) is 39.7 Å². The van der Waals surface area contributed by atoms with Gasteiger partial charge in [0.25, 0.3) is 0 Å². The van der Waals surface area contributed by atoms with Crippen molar-refractivity contribution in [3.8, 4) is 0 Å². The van der Waals surface area contributed by atoms with Crippen LogP contribution in [0.15, 0.2) is 36.5 Å². The Morgan fingerprint density at radius 1 is 1.50 bits per heavy atom. The van der Waals surface area contributed by atoms with Crippen molar-refractivity contribution in [3.63, 3.8) is 0 Å². The molecule has 0 radical (unpaired) electrons. The molecule has 0 aromatic heterocycles. The van der Waals surface area contributed by atoms with Crippen LogP contribution in [0.25, 0.3) is 0 Å². The van der Waals surface area contributed by atoms with Crippen LogP contribution < -0.4 is 5.73 Å². The number of carbonyl (C=O) groups is 1. The van der Waals surface area contributed by atoms with Crippen LogP contribution in [0.1, 0.15) is 33.6 Å². The molecule has 3 heteroatoms. The summed E-state index contributed by atoms with van der Waals surface area (Å²) >= 11 is 0. The van der Waals surface area contributed by atoms with E-state index in [-0.39, 0.29) is 6.42 Å². The maximum atomic E-state index is 10.5. The smallest absolute Gasteiger partial charge is 0.217 e. The molecule has 0 aromatic carbocycles. The molecule has 16 heavy (non-hydrogen) atoms. The molecule has 0 fully saturated rings. The fraction of sp³-hybridized carbons (Fsp3) is 0.462. The first-order valence-electron chi connectivity index (χ1n) is 5.53. The molecule has 0 bridgehead atoms. The molecule has 3 N–H and O–H groups in total. The molecule has 92 valence electrons. The standard InChI is InChI=1S/C11H17NO2.C2H6/c1-3-5-6-9(4-2)10(13)7-8-11(12)14;1-2/h3-6,10,13H,2,7-8H2,1H3,(H2,12,14);1-2H3/b5-3-,9-6+;. The number of nitrogens with two attached hydrogens (primary N) is 1. The van der Waals surface area contributed by atoms with Crippen LogP contribution in [0.2, 0.25) is 0 Å². The lowest BCUT2D eigenvalue weighted by Gasteiger charge is -2.09. The Morgan fingerprint density at radius 2 is 2.06 bits per heavy atom. The van der Waals surface area contributed by atoms with Crippen LogP contribution in [-0.2, 0) is 4.79 Å². The Morgan fingerprint density at radius 3 is 2.44 bits per heavy atom. The lowest BCUT2D eigenvalue weighted by Crippen LogP contribution is -2.16. The van der Waals surface area contributed by atoms with Crippen molar-refractivity contribution >= 4 is 5.91 Å². The molecule has 0 rings (SSSR count). The van der Waals surface area contributed by atoms with Gasteiger partial charge in [0.05, 0.1) is 6.10 Å². The summed E-state index contributed by atoms with van der Waals surface area (Å²) in [4.78, 5) is 10.5. The van der Waals surface area contributed by atoms with Gasteiger partial charge in [-0.25, -0.2) is 0 Å². The first-order chi connectivity index (χ1) is 7.61. The van der Waals surface area contributed by atoms with Crippen LogP contribution in [0.3, 0.4) is 0 Å². The summed E-state index contributed by atoms with van der Waals surface area (Å²) in [5.41, 5.74) is 5.67. The fourth-order valence-corrected chi connectivity index (χ4v) is 0.968. The second-order valence-electron chi connectivity index (χ2n) is 2.92. The Kier molecular flexibility index (Phi) is 12.5. The van der Waals surface area contributed by atoms with E-state index < -0.39 is 12.0 Å². The normalized spacial score (nSPS) is 12.9. The highest BCUT2D eigenvalue weighted by molar-refractivity contribution is 5.73. The number of carbonyl (C=O) groups excluding carboxylic acids is 1. The van der Waals surface area contributed by atoms with Gasteiger partial charge < -0.3 is 10.8 Å². The molecule has 0 aliphatic carbocycles. The van der Waals surface area contributed by atoms with E-state index in [9.17, 15) is 9.90 Å². The van der Waals surface area contributed by atoms with Crippen LogP contribution in [-0.4, -0.2) is 17.1 Å². The molecule has 1 atom stereocenters. The monoisotopic (exact) mass is 225 g/mol. The van der Waals surface area contributed by atoms with Crippen LogP contribution in [0.4, 0.5) is 0 Å². The fourth-order valence-electron chi connectivity index (χ4n) is 0.968. The van der Waals surface area contributed by atoms with Crippen molar-refractivity contribution in [2.75, 3.05) is 0 Å². The highest BCUT2D eigenvalue weighted by Crippen LogP contribution is 2.09. The molecule has 0 aliphatic heterocycles. The van der Waals surface area contributed by atoms with E-state index in [4.69, 9.17) is 5.73 Å². The third kappa shape index (κ3) is 9.21. The summed E-state index contributed by atoms with van der Waals surface area (Å²) in [5.74, 6) is -0.404. The molecular weight excluding hydrogens is 202 g/mol. The Labute approximate surface area is 98.4 Å². The number of allylic oxidation sites excluding steroid dienone is 3. The zero-order valence-electron chi connectivity index (χ0n) is 10.4. The molecule has 0 aliphatic rings. The lowest BCUT2D eigenvalue weighted by molar-refractivity contribution is -0.118. The minimum atomic E-state index is -0.670. The summed E-state index contributed by atoms with van der Waals surface area (Å²) < 4.78 is 0. The highest BCUT2D eigenvalue weighted by atomic mass is 16.3. The first-order valence-corrected chi connectivity index (χ1v) is 5.53. The van der Waals surface area contributed by atoms with Gasteiger partial charge in [0, 0.05) is 6.42 Å². The number of hydrogen-bond donors (Lipinski definition) is 2. The van der Waals surface area contributed by atoms with Crippen molar-refractivity contribution < 1.29 is 9.90 Å². The van der Waals surface area contributed by atoms with Gasteiger partial charge in [-0.3, -0.25) is 4.79 Å². The zero-order valence-corrected chi connectivity index (χ0v) is 10.4. The van der Waals surface area contributed by atoms with Crippen molar-refractivity contribution in [1.29, 1.82) is 0 Å². The van der Waals surface area contributed by atoms with Gasteiger partial charge in [0.15, 0.2) is 0 Å². The predicted octanol–water partition coefficient (Wildman–Crippen LogP) is 2.33. The van der Waals surface area contributed by atoms with Crippen LogP contribution in [0, 0.1) is 0 Å². The van der Waals surface area contributed by atoms with Crippen molar-refractivity contribution in [3.05, 3.63) is 36.5 Å².